The monoisotopic (exact) mass is 261 g/mol. The van der Waals surface area contributed by atoms with E-state index in [9.17, 15) is 14.3 Å². The summed E-state index contributed by atoms with van der Waals surface area (Å²) in [7, 11) is 1.46. The molecule has 0 heterocycles. The summed E-state index contributed by atoms with van der Waals surface area (Å²) in [5, 5.41) is 11.9. The first-order valence-electron chi connectivity index (χ1n) is 4.93. The van der Waals surface area contributed by atoms with Crippen LogP contribution in [0.1, 0.15) is 10.4 Å². The second-order valence-corrected chi connectivity index (χ2v) is 3.72. The van der Waals surface area contributed by atoms with E-state index >= 15 is 0 Å². The lowest BCUT2D eigenvalue weighted by molar-refractivity contribution is 0.0900. The zero-order chi connectivity index (χ0) is 12.8. The zero-order valence-electron chi connectivity index (χ0n) is 9.24. The number of phenols is 1. The highest BCUT2D eigenvalue weighted by atomic mass is 35.5. The van der Waals surface area contributed by atoms with E-state index < -0.39 is 29.1 Å². The van der Waals surface area contributed by atoms with Gasteiger partial charge in [0.1, 0.15) is 17.1 Å². The van der Waals surface area contributed by atoms with Crippen molar-refractivity contribution < 1.29 is 19.0 Å². The topological polar surface area (TPSA) is 58.6 Å². The Hall–Kier alpha value is -1.33. The number of hydrogen-bond donors (Lipinski definition) is 2. The second-order valence-electron chi connectivity index (χ2n) is 3.41. The summed E-state index contributed by atoms with van der Waals surface area (Å²) in [5.74, 6) is -1.78. The Morgan fingerprint density at radius 1 is 1.65 bits per heavy atom. The Bertz CT molecular complexity index is 380. The standard InChI is InChI=1S/C11H13ClFNO3/c1-17-6-7(5-12)14-11(16)10-8(13)3-2-4-9(10)15/h2-4,7,15H,5-6H2,1H3,(H,14,16). The number of ether oxygens (including phenoxy) is 1. The fourth-order valence-corrected chi connectivity index (χ4v) is 1.49. The van der Waals surface area contributed by atoms with Gasteiger partial charge in [0.2, 0.25) is 0 Å². The molecule has 94 valence electrons. The highest BCUT2D eigenvalue weighted by Crippen LogP contribution is 2.19. The molecule has 2 N–H and O–H groups in total. The highest BCUT2D eigenvalue weighted by molar-refractivity contribution is 6.18. The van der Waals surface area contributed by atoms with Crippen LogP contribution in [0.25, 0.3) is 0 Å². The third-order valence-corrected chi connectivity index (χ3v) is 2.48. The van der Waals surface area contributed by atoms with Crippen LogP contribution in [0.3, 0.4) is 0 Å². The van der Waals surface area contributed by atoms with E-state index in [0.717, 1.165) is 6.07 Å². The summed E-state index contributed by atoms with van der Waals surface area (Å²) >= 11 is 5.61. The van der Waals surface area contributed by atoms with E-state index in [-0.39, 0.29) is 12.5 Å². The Kier molecular flexibility index (Phi) is 5.18. The number of carbonyl (C=O) groups excluding carboxylic acids is 1. The number of aromatic hydroxyl groups is 1. The Balaban J connectivity index is 2.82. The van der Waals surface area contributed by atoms with E-state index in [0.29, 0.717) is 0 Å². The molecule has 1 unspecified atom stereocenters. The third kappa shape index (κ3) is 3.57. The summed E-state index contributed by atoms with van der Waals surface area (Å²) in [6.45, 7) is 0.213. The van der Waals surface area contributed by atoms with Crippen LogP contribution >= 0.6 is 11.6 Å². The normalized spacial score (nSPS) is 12.2. The Morgan fingerprint density at radius 3 is 2.88 bits per heavy atom. The summed E-state index contributed by atoms with van der Waals surface area (Å²) < 4.78 is 18.2. The molecule has 6 heteroatoms. The first kappa shape index (κ1) is 13.7. The first-order valence-corrected chi connectivity index (χ1v) is 5.46. The largest absolute Gasteiger partial charge is 0.507 e. The molecule has 0 fully saturated rings. The van der Waals surface area contributed by atoms with E-state index in [1.165, 1.54) is 19.2 Å². The van der Waals surface area contributed by atoms with Gasteiger partial charge in [-0.3, -0.25) is 4.79 Å². The number of phenolic OH excluding ortho intramolecular Hbond substituents is 1. The predicted molar refractivity (Wildman–Crippen MR) is 61.9 cm³/mol. The molecule has 0 saturated heterocycles. The molecule has 1 amide bonds. The van der Waals surface area contributed by atoms with Crippen molar-refractivity contribution in [2.24, 2.45) is 0 Å². The van der Waals surface area contributed by atoms with Gasteiger partial charge >= 0.3 is 0 Å². The summed E-state index contributed by atoms with van der Waals surface area (Å²) in [6, 6.07) is 3.22. The average molecular weight is 262 g/mol. The van der Waals surface area contributed by atoms with Gasteiger partial charge in [-0.25, -0.2) is 4.39 Å². The summed E-state index contributed by atoms with van der Waals surface area (Å²) in [5.41, 5.74) is -0.390. The number of carbonyl (C=O) groups is 1. The minimum absolute atomic E-state index is 0.134. The van der Waals surface area contributed by atoms with Crippen LogP contribution in [0, 0.1) is 5.82 Å². The third-order valence-electron chi connectivity index (χ3n) is 2.11. The summed E-state index contributed by atoms with van der Waals surface area (Å²) in [4.78, 5) is 11.7. The smallest absolute Gasteiger partial charge is 0.258 e. The van der Waals surface area contributed by atoms with Crippen LogP contribution in [0.2, 0.25) is 0 Å². The van der Waals surface area contributed by atoms with Crippen LogP contribution in [0.15, 0.2) is 18.2 Å². The lowest BCUT2D eigenvalue weighted by Crippen LogP contribution is -2.39. The molecule has 4 nitrogen and oxygen atoms in total. The Morgan fingerprint density at radius 2 is 2.35 bits per heavy atom. The SMILES string of the molecule is COCC(CCl)NC(=O)c1c(O)cccc1F. The number of nitrogens with one attached hydrogen (secondary N) is 1. The van der Waals surface area contributed by atoms with Gasteiger partial charge in [-0.1, -0.05) is 6.07 Å². The lowest BCUT2D eigenvalue weighted by Gasteiger charge is -2.15. The molecule has 1 aromatic carbocycles. The molecule has 0 radical (unpaired) electrons. The second kappa shape index (κ2) is 6.42. The van der Waals surface area contributed by atoms with Crippen molar-refractivity contribution in [3.8, 4) is 5.75 Å². The minimum Gasteiger partial charge on any atom is -0.507 e. The molecule has 0 bridgehead atoms. The molecule has 0 aliphatic rings. The van der Waals surface area contributed by atoms with E-state index in [4.69, 9.17) is 16.3 Å². The van der Waals surface area contributed by atoms with Crippen molar-refractivity contribution in [3.63, 3.8) is 0 Å². The molecular weight excluding hydrogens is 249 g/mol. The van der Waals surface area contributed by atoms with E-state index in [1.54, 1.807) is 0 Å². The van der Waals surface area contributed by atoms with Crippen molar-refractivity contribution in [1.82, 2.24) is 5.32 Å². The van der Waals surface area contributed by atoms with Crippen molar-refractivity contribution in [2.45, 2.75) is 6.04 Å². The maximum Gasteiger partial charge on any atom is 0.258 e. The molecule has 0 aliphatic carbocycles. The van der Waals surface area contributed by atoms with Crippen LogP contribution in [0.5, 0.6) is 5.75 Å². The van der Waals surface area contributed by atoms with Gasteiger partial charge in [-0.15, -0.1) is 11.6 Å². The van der Waals surface area contributed by atoms with Crippen LogP contribution < -0.4 is 5.32 Å². The van der Waals surface area contributed by atoms with Gasteiger partial charge in [0.05, 0.1) is 12.6 Å². The molecule has 0 spiro atoms. The number of amides is 1. The molecule has 0 saturated carbocycles. The molecule has 0 aromatic heterocycles. The number of halogens is 2. The van der Waals surface area contributed by atoms with Gasteiger partial charge in [-0.2, -0.15) is 0 Å². The predicted octanol–water partition coefficient (Wildman–Crippen LogP) is 1.51. The van der Waals surface area contributed by atoms with Gasteiger partial charge in [-0.05, 0) is 12.1 Å². The molecular formula is C11H13ClFNO3. The fraction of sp³-hybridized carbons (Fsp3) is 0.364. The number of methoxy groups -OCH3 is 1. The van der Waals surface area contributed by atoms with E-state index in [2.05, 4.69) is 5.32 Å². The maximum atomic E-state index is 13.4. The molecule has 1 rings (SSSR count). The van der Waals surface area contributed by atoms with Crippen molar-refractivity contribution in [2.75, 3.05) is 19.6 Å². The number of hydrogen-bond acceptors (Lipinski definition) is 3. The van der Waals surface area contributed by atoms with Crippen molar-refractivity contribution >= 4 is 17.5 Å². The van der Waals surface area contributed by atoms with Gasteiger partial charge in [0, 0.05) is 13.0 Å². The van der Waals surface area contributed by atoms with Crippen molar-refractivity contribution in [1.29, 1.82) is 0 Å². The highest BCUT2D eigenvalue weighted by Gasteiger charge is 2.19. The lowest BCUT2D eigenvalue weighted by atomic mass is 10.1. The molecule has 1 atom stereocenters. The van der Waals surface area contributed by atoms with Crippen LogP contribution in [0.4, 0.5) is 4.39 Å². The molecule has 17 heavy (non-hydrogen) atoms. The number of alkyl halides is 1. The fourth-order valence-electron chi connectivity index (χ4n) is 1.32. The first-order chi connectivity index (χ1) is 8.10. The van der Waals surface area contributed by atoms with Gasteiger partial charge < -0.3 is 15.2 Å². The van der Waals surface area contributed by atoms with Gasteiger partial charge in [0.25, 0.3) is 5.91 Å². The average Bonchev–Trinajstić information content (AvgIpc) is 2.28. The number of benzene rings is 1. The number of rotatable bonds is 5. The maximum absolute atomic E-state index is 13.4. The Labute approximate surface area is 103 Å². The minimum atomic E-state index is -0.784. The van der Waals surface area contributed by atoms with Crippen LogP contribution in [-0.2, 0) is 4.74 Å². The molecule has 0 aliphatic heterocycles. The van der Waals surface area contributed by atoms with E-state index in [1.807, 2.05) is 0 Å². The van der Waals surface area contributed by atoms with Gasteiger partial charge in [0.15, 0.2) is 0 Å². The zero-order valence-corrected chi connectivity index (χ0v) is 10.00. The van der Waals surface area contributed by atoms with Crippen molar-refractivity contribution in [3.05, 3.63) is 29.6 Å². The molecule has 1 aromatic rings. The quantitative estimate of drug-likeness (QED) is 0.790. The van der Waals surface area contributed by atoms with Crippen LogP contribution in [-0.4, -0.2) is 36.7 Å². The summed E-state index contributed by atoms with van der Waals surface area (Å²) in [6.07, 6.45) is 0.